The van der Waals surface area contributed by atoms with Gasteiger partial charge in [0.05, 0.1) is 11.6 Å². The molecular weight excluding hydrogens is 242 g/mol. The molecular formula is C10H14ClN5O. The molecule has 2 aromatic rings. The highest BCUT2D eigenvalue weighted by atomic mass is 35.5. The lowest BCUT2D eigenvalue weighted by Crippen LogP contribution is -2.27. The maximum absolute atomic E-state index is 9.18. The van der Waals surface area contributed by atoms with Gasteiger partial charge in [-0.2, -0.15) is 15.1 Å². The number of rotatable bonds is 4. The average molecular weight is 256 g/mol. The van der Waals surface area contributed by atoms with Gasteiger partial charge in [-0.15, -0.1) is 0 Å². The van der Waals surface area contributed by atoms with Gasteiger partial charge in [-0.05, 0) is 11.6 Å². The number of aliphatic hydroxyl groups excluding tert-OH is 1. The highest BCUT2D eigenvalue weighted by molar-refractivity contribution is 6.28. The van der Waals surface area contributed by atoms with E-state index in [4.69, 9.17) is 11.6 Å². The number of nitrogens with zero attached hydrogens (tertiary/aromatic N) is 3. The van der Waals surface area contributed by atoms with Crippen LogP contribution in [-0.2, 0) is 0 Å². The zero-order chi connectivity index (χ0) is 12.5. The van der Waals surface area contributed by atoms with Crippen molar-refractivity contribution in [2.45, 2.75) is 13.8 Å². The van der Waals surface area contributed by atoms with Crippen LogP contribution in [0.5, 0.6) is 0 Å². The van der Waals surface area contributed by atoms with Crippen molar-refractivity contribution in [1.82, 2.24) is 20.2 Å². The summed E-state index contributed by atoms with van der Waals surface area (Å²) in [6.07, 6.45) is 1.64. The van der Waals surface area contributed by atoms with Crippen molar-refractivity contribution in [3.05, 3.63) is 11.5 Å². The van der Waals surface area contributed by atoms with Crippen LogP contribution >= 0.6 is 11.6 Å². The number of hydrogen-bond acceptors (Lipinski definition) is 5. The van der Waals surface area contributed by atoms with Crippen LogP contribution in [0, 0.1) is 5.41 Å². The summed E-state index contributed by atoms with van der Waals surface area (Å²) in [6, 6.07) is 0. The van der Waals surface area contributed by atoms with E-state index in [1.807, 2.05) is 13.8 Å². The molecule has 0 unspecified atom stereocenters. The number of halogens is 1. The molecule has 0 amide bonds. The zero-order valence-electron chi connectivity index (χ0n) is 9.66. The van der Waals surface area contributed by atoms with Gasteiger partial charge in [0, 0.05) is 18.6 Å². The number of nitrogens with one attached hydrogen (secondary N) is 2. The lowest BCUT2D eigenvalue weighted by molar-refractivity contribution is 0.171. The first-order chi connectivity index (χ1) is 8.02. The lowest BCUT2D eigenvalue weighted by Gasteiger charge is -2.22. The molecule has 17 heavy (non-hydrogen) atoms. The van der Waals surface area contributed by atoms with Crippen LogP contribution in [0.25, 0.3) is 11.0 Å². The smallest absolute Gasteiger partial charge is 0.226 e. The van der Waals surface area contributed by atoms with Crippen molar-refractivity contribution in [2.75, 3.05) is 18.5 Å². The molecule has 0 fully saturated rings. The van der Waals surface area contributed by atoms with E-state index < -0.39 is 0 Å². The van der Waals surface area contributed by atoms with E-state index in [0.29, 0.717) is 18.0 Å². The first-order valence-electron chi connectivity index (χ1n) is 5.23. The second-order valence-electron chi connectivity index (χ2n) is 4.65. The molecule has 0 aromatic carbocycles. The lowest BCUT2D eigenvalue weighted by atomic mass is 9.95. The fourth-order valence-electron chi connectivity index (χ4n) is 1.32. The van der Waals surface area contributed by atoms with Gasteiger partial charge < -0.3 is 10.4 Å². The molecule has 3 N–H and O–H groups in total. The van der Waals surface area contributed by atoms with Crippen molar-refractivity contribution in [2.24, 2.45) is 5.41 Å². The maximum Gasteiger partial charge on any atom is 0.226 e. The van der Waals surface area contributed by atoms with Gasteiger partial charge in [-0.25, -0.2) is 0 Å². The van der Waals surface area contributed by atoms with Gasteiger partial charge in [0.25, 0.3) is 0 Å². The number of anilines is 1. The van der Waals surface area contributed by atoms with Crippen molar-refractivity contribution in [3.63, 3.8) is 0 Å². The summed E-state index contributed by atoms with van der Waals surface area (Å²) in [5.74, 6) is 0.621. The monoisotopic (exact) mass is 255 g/mol. The molecule has 0 aliphatic carbocycles. The van der Waals surface area contributed by atoms with Crippen LogP contribution in [0.15, 0.2) is 6.20 Å². The minimum atomic E-state index is -0.229. The number of aromatic amines is 1. The minimum absolute atomic E-state index is 0.0906. The van der Waals surface area contributed by atoms with E-state index in [1.165, 1.54) is 0 Å². The topological polar surface area (TPSA) is 86.7 Å². The van der Waals surface area contributed by atoms with E-state index in [1.54, 1.807) is 6.20 Å². The van der Waals surface area contributed by atoms with Crippen molar-refractivity contribution < 1.29 is 5.11 Å². The molecule has 2 heterocycles. The van der Waals surface area contributed by atoms with E-state index in [-0.39, 0.29) is 17.3 Å². The van der Waals surface area contributed by atoms with Crippen LogP contribution in [0.4, 0.5) is 5.82 Å². The standard InChI is InChI=1S/C10H14ClN5O/c1-10(2,5-17)4-12-7-6-3-13-16-8(6)15-9(11)14-7/h3,17H,4-5H2,1-2H3,(H2,12,13,14,15,16). The van der Waals surface area contributed by atoms with Gasteiger partial charge in [0.15, 0.2) is 5.65 Å². The summed E-state index contributed by atoms with van der Waals surface area (Å²) in [5.41, 5.74) is 0.363. The predicted molar refractivity (Wildman–Crippen MR) is 66.1 cm³/mol. The summed E-state index contributed by atoms with van der Waals surface area (Å²) in [5, 5.41) is 19.9. The van der Waals surface area contributed by atoms with Gasteiger partial charge >= 0.3 is 0 Å². The molecule has 0 bridgehead atoms. The first-order valence-corrected chi connectivity index (χ1v) is 5.61. The Kier molecular flexibility index (Phi) is 3.17. The Morgan fingerprint density at radius 1 is 1.47 bits per heavy atom. The Bertz CT molecular complexity index is 524. The molecule has 0 aliphatic rings. The van der Waals surface area contributed by atoms with Crippen LogP contribution in [-0.4, -0.2) is 38.4 Å². The van der Waals surface area contributed by atoms with E-state index >= 15 is 0 Å². The zero-order valence-corrected chi connectivity index (χ0v) is 10.4. The molecule has 7 heteroatoms. The van der Waals surface area contributed by atoms with Gasteiger partial charge in [-0.1, -0.05) is 13.8 Å². The summed E-state index contributed by atoms with van der Waals surface area (Å²) in [4.78, 5) is 8.12. The third-order valence-electron chi connectivity index (χ3n) is 2.44. The summed E-state index contributed by atoms with van der Waals surface area (Å²) < 4.78 is 0. The van der Waals surface area contributed by atoms with Gasteiger partial charge in [0.1, 0.15) is 5.82 Å². The van der Waals surface area contributed by atoms with E-state index in [0.717, 1.165) is 5.39 Å². The Hall–Kier alpha value is -1.40. The van der Waals surface area contributed by atoms with E-state index in [2.05, 4.69) is 25.5 Å². The molecule has 0 radical (unpaired) electrons. The molecule has 2 aromatic heterocycles. The minimum Gasteiger partial charge on any atom is -0.396 e. The van der Waals surface area contributed by atoms with Crippen LogP contribution < -0.4 is 5.32 Å². The molecule has 0 saturated carbocycles. The summed E-state index contributed by atoms with van der Waals surface area (Å²) >= 11 is 5.81. The van der Waals surface area contributed by atoms with Gasteiger partial charge in [0.2, 0.25) is 5.28 Å². The summed E-state index contributed by atoms with van der Waals surface area (Å²) in [6.45, 7) is 4.58. The molecule has 0 spiro atoms. The Labute approximate surface area is 103 Å². The number of aromatic nitrogens is 4. The fourth-order valence-corrected chi connectivity index (χ4v) is 1.49. The normalized spacial score (nSPS) is 12.0. The molecule has 2 rings (SSSR count). The van der Waals surface area contributed by atoms with E-state index in [9.17, 15) is 5.11 Å². The van der Waals surface area contributed by atoms with Crippen molar-refractivity contribution in [1.29, 1.82) is 0 Å². The molecule has 6 nitrogen and oxygen atoms in total. The first kappa shape index (κ1) is 12.1. The second-order valence-corrected chi connectivity index (χ2v) is 4.99. The number of fused-ring (bicyclic) bond motifs is 1. The SMILES string of the molecule is CC(C)(CO)CNc1nc(Cl)nc2[nH]ncc12. The third kappa shape index (κ3) is 2.65. The Morgan fingerprint density at radius 3 is 2.94 bits per heavy atom. The van der Waals surface area contributed by atoms with Crippen LogP contribution in [0.3, 0.4) is 0 Å². The number of hydrogen-bond donors (Lipinski definition) is 3. The fraction of sp³-hybridized carbons (Fsp3) is 0.500. The molecule has 0 aliphatic heterocycles. The second kappa shape index (κ2) is 4.46. The third-order valence-corrected chi connectivity index (χ3v) is 2.61. The largest absolute Gasteiger partial charge is 0.396 e. The number of aliphatic hydroxyl groups is 1. The van der Waals surface area contributed by atoms with Crippen molar-refractivity contribution >= 4 is 28.5 Å². The highest BCUT2D eigenvalue weighted by Gasteiger charge is 2.17. The quantitative estimate of drug-likeness (QED) is 0.720. The van der Waals surface area contributed by atoms with Crippen molar-refractivity contribution in [3.8, 4) is 0 Å². The van der Waals surface area contributed by atoms with Gasteiger partial charge in [-0.3, -0.25) is 5.10 Å². The van der Waals surface area contributed by atoms with Crippen LogP contribution in [0.2, 0.25) is 5.28 Å². The van der Waals surface area contributed by atoms with Crippen LogP contribution in [0.1, 0.15) is 13.8 Å². The maximum atomic E-state index is 9.18. The Morgan fingerprint density at radius 2 is 2.24 bits per heavy atom. The molecule has 0 atom stereocenters. The highest BCUT2D eigenvalue weighted by Crippen LogP contribution is 2.22. The average Bonchev–Trinajstić information content (AvgIpc) is 2.73. The molecule has 0 saturated heterocycles. The predicted octanol–water partition coefficient (Wildman–Crippen LogP) is 1.44. The summed E-state index contributed by atoms with van der Waals surface area (Å²) in [7, 11) is 0. The number of H-pyrrole nitrogens is 1. The Balaban J connectivity index is 2.26. The molecule has 92 valence electrons.